The van der Waals surface area contributed by atoms with Crippen LogP contribution in [-0.2, 0) is 38.0 Å². The van der Waals surface area contributed by atoms with Gasteiger partial charge in [0.25, 0.3) is 0 Å². The number of hydrogen-bond acceptors (Lipinski definition) is 13. The molecule has 43 heavy (non-hydrogen) atoms. The first-order chi connectivity index (χ1) is 19.8. The quantitative estimate of drug-likeness (QED) is 0.308. The highest BCUT2D eigenvalue weighted by atomic mass is 16.8. The molecule has 0 amide bonds. The Kier molecular flexibility index (Phi) is 11.2. The molecule has 0 bridgehead atoms. The maximum absolute atomic E-state index is 13.4. The Morgan fingerprint density at radius 1 is 0.907 bits per heavy atom. The lowest BCUT2D eigenvalue weighted by Gasteiger charge is -2.46. The molecule has 3 heterocycles. The first kappa shape index (κ1) is 35.4. The van der Waals surface area contributed by atoms with Gasteiger partial charge in [-0.2, -0.15) is 0 Å². The largest absolute Gasteiger partial charge is 0.509 e. The van der Waals surface area contributed by atoms with Gasteiger partial charge in [0, 0.05) is 18.4 Å². The summed E-state index contributed by atoms with van der Waals surface area (Å²) in [4.78, 5) is 40.8. The fourth-order valence-electron chi connectivity index (χ4n) is 6.76. The molecule has 0 saturated carbocycles. The number of esters is 2. The molecule has 14 atom stereocenters. The van der Waals surface area contributed by atoms with Crippen LogP contribution in [0.15, 0.2) is 0 Å². The van der Waals surface area contributed by atoms with Gasteiger partial charge in [-0.1, -0.05) is 13.8 Å². The zero-order valence-corrected chi connectivity index (χ0v) is 27.0. The third kappa shape index (κ3) is 7.45. The molecular weight excluding hydrogens is 566 g/mol. The van der Waals surface area contributed by atoms with Gasteiger partial charge in [0.1, 0.15) is 18.3 Å². The van der Waals surface area contributed by atoms with Crippen LogP contribution in [0.2, 0.25) is 0 Å². The highest BCUT2D eigenvalue weighted by Crippen LogP contribution is 2.40. The predicted octanol–water partition coefficient (Wildman–Crippen LogP) is 1.77. The Morgan fingerprint density at radius 3 is 2.09 bits per heavy atom. The number of aliphatic hydroxyl groups is 3. The first-order valence-corrected chi connectivity index (χ1v) is 15.2. The van der Waals surface area contributed by atoms with E-state index >= 15 is 0 Å². The van der Waals surface area contributed by atoms with Crippen LogP contribution >= 0.6 is 0 Å². The van der Waals surface area contributed by atoms with E-state index in [0.29, 0.717) is 6.42 Å². The molecule has 1 unspecified atom stereocenters. The number of ether oxygens (including phenoxy) is 6. The summed E-state index contributed by atoms with van der Waals surface area (Å²) in [7, 11) is 3.67. The van der Waals surface area contributed by atoms with Crippen LogP contribution in [0, 0.1) is 17.8 Å². The Balaban J connectivity index is 2.02. The molecule has 3 saturated heterocycles. The van der Waals surface area contributed by atoms with Crippen molar-refractivity contribution in [2.24, 2.45) is 17.8 Å². The Hall–Kier alpha value is -2.03. The molecule has 3 aliphatic heterocycles. The molecule has 3 aliphatic rings. The van der Waals surface area contributed by atoms with Crippen molar-refractivity contribution >= 4 is 18.1 Å². The molecule has 0 radical (unpaired) electrons. The number of nitrogens with zero attached hydrogens (tertiary/aromatic N) is 1. The molecule has 3 rings (SSSR count). The monoisotopic (exact) mass is 617 g/mol. The van der Waals surface area contributed by atoms with Crippen LogP contribution < -0.4 is 0 Å². The van der Waals surface area contributed by atoms with E-state index < -0.39 is 90.0 Å². The second-order valence-corrected chi connectivity index (χ2v) is 13.3. The second-order valence-electron chi connectivity index (χ2n) is 13.3. The average Bonchev–Trinajstić information content (AvgIpc) is 3.22. The fourth-order valence-corrected chi connectivity index (χ4v) is 6.76. The van der Waals surface area contributed by atoms with Crippen molar-refractivity contribution in [2.45, 2.75) is 141 Å². The van der Waals surface area contributed by atoms with Crippen LogP contribution in [0.5, 0.6) is 0 Å². The topological polar surface area (TPSA) is 171 Å². The summed E-state index contributed by atoms with van der Waals surface area (Å²) in [6, 6.07) is -0.292. The number of rotatable bonds is 4. The van der Waals surface area contributed by atoms with E-state index in [4.69, 9.17) is 28.4 Å². The molecular formula is C30H51NO12. The van der Waals surface area contributed by atoms with Gasteiger partial charge in [0.05, 0.1) is 35.7 Å². The van der Waals surface area contributed by atoms with E-state index in [9.17, 15) is 29.7 Å². The summed E-state index contributed by atoms with van der Waals surface area (Å²) in [5, 5.41) is 34.5. The highest BCUT2D eigenvalue weighted by Gasteiger charge is 2.58. The molecule has 3 fully saturated rings. The summed E-state index contributed by atoms with van der Waals surface area (Å²) in [6.45, 7) is 12.8. The van der Waals surface area contributed by atoms with Crippen LogP contribution in [0.1, 0.15) is 74.7 Å². The summed E-state index contributed by atoms with van der Waals surface area (Å²) >= 11 is 0. The van der Waals surface area contributed by atoms with E-state index in [0.717, 1.165) is 0 Å². The van der Waals surface area contributed by atoms with Crippen LogP contribution in [-0.4, -0.2) is 119 Å². The Morgan fingerprint density at radius 2 is 1.51 bits per heavy atom. The van der Waals surface area contributed by atoms with Crippen LogP contribution in [0.25, 0.3) is 0 Å². The molecule has 0 aromatic rings. The average molecular weight is 618 g/mol. The van der Waals surface area contributed by atoms with E-state index in [1.54, 1.807) is 20.8 Å². The third-order valence-corrected chi connectivity index (χ3v) is 9.27. The number of carbonyl (C=O) groups is 3. The van der Waals surface area contributed by atoms with Crippen LogP contribution in [0.4, 0.5) is 4.79 Å². The third-order valence-electron chi connectivity index (χ3n) is 9.27. The van der Waals surface area contributed by atoms with Gasteiger partial charge in [0.2, 0.25) is 0 Å². The van der Waals surface area contributed by atoms with E-state index in [1.165, 1.54) is 27.7 Å². The molecule has 3 N–H and O–H groups in total. The zero-order chi connectivity index (χ0) is 32.6. The van der Waals surface area contributed by atoms with Crippen molar-refractivity contribution in [3.8, 4) is 0 Å². The summed E-state index contributed by atoms with van der Waals surface area (Å²) in [5.41, 5.74) is -3.25. The van der Waals surface area contributed by atoms with Crippen molar-refractivity contribution in [1.82, 2.24) is 4.90 Å². The zero-order valence-electron chi connectivity index (χ0n) is 27.0. The lowest BCUT2D eigenvalue weighted by molar-refractivity contribution is -0.299. The van der Waals surface area contributed by atoms with Crippen LogP contribution in [0.3, 0.4) is 0 Å². The highest BCUT2D eigenvalue weighted by molar-refractivity contribution is 5.75. The van der Waals surface area contributed by atoms with Gasteiger partial charge in [-0.15, -0.1) is 0 Å². The van der Waals surface area contributed by atoms with Crippen molar-refractivity contribution in [3.63, 3.8) is 0 Å². The summed E-state index contributed by atoms with van der Waals surface area (Å²) < 4.78 is 34.6. The number of fused-ring (bicyclic) bond motifs is 1. The maximum atomic E-state index is 13.4. The van der Waals surface area contributed by atoms with Crippen molar-refractivity contribution in [2.75, 3.05) is 14.1 Å². The van der Waals surface area contributed by atoms with Crippen molar-refractivity contribution in [3.05, 3.63) is 0 Å². The number of aliphatic hydroxyl groups excluding tert-OH is 2. The Bertz CT molecular complexity index is 1010. The second kappa shape index (κ2) is 13.5. The van der Waals surface area contributed by atoms with Crippen molar-refractivity contribution in [1.29, 1.82) is 0 Å². The van der Waals surface area contributed by atoms with E-state index in [1.807, 2.05) is 25.9 Å². The number of likely N-dealkylation sites (N-methyl/N-ethyl adjacent to an activating group) is 1. The van der Waals surface area contributed by atoms with Gasteiger partial charge >= 0.3 is 18.1 Å². The number of carbonyl (C=O) groups excluding carboxylic acids is 3. The van der Waals surface area contributed by atoms with Gasteiger partial charge in [-0.3, -0.25) is 9.59 Å². The minimum atomic E-state index is -1.74. The minimum absolute atomic E-state index is 0.128. The SMILES string of the molecule is CC[C@H]1OC(=O)[C@H](C)[C@@H](O)[C@H](C)[C@@H](O[C@@H]2O[C@H](C)CC(N(C)C)[C@H]2O)[C@@](C)(O)C[C@@H](C)OC(=O)[C@H](C)[C@H]2OC(=O)O[C@@]21C. The van der Waals surface area contributed by atoms with Gasteiger partial charge in [-0.05, 0) is 68.5 Å². The Labute approximate surface area is 254 Å². The van der Waals surface area contributed by atoms with E-state index in [2.05, 4.69) is 0 Å². The molecule has 0 aromatic heterocycles. The summed E-state index contributed by atoms with van der Waals surface area (Å²) in [5.74, 6) is -4.49. The molecule has 0 aromatic carbocycles. The fraction of sp³-hybridized carbons (Fsp3) is 0.900. The van der Waals surface area contributed by atoms with E-state index in [-0.39, 0.29) is 25.0 Å². The minimum Gasteiger partial charge on any atom is -0.462 e. The first-order valence-electron chi connectivity index (χ1n) is 15.2. The summed E-state index contributed by atoms with van der Waals surface area (Å²) in [6.07, 6.45) is -8.41. The van der Waals surface area contributed by atoms with Crippen molar-refractivity contribution < 1.29 is 58.1 Å². The predicted molar refractivity (Wildman–Crippen MR) is 152 cm³/mol. The molecule has 248 valence electrons. The van der Waals surface area contributed by atoms with Gasteiger partial charge in [0.15, 0.2) is 18.0 Å². The number of hydrogen-bond donors (Lipinski definition) is 3. The molecule has 0 aliphatic carbocycles. The molecule has 13 nitrogen and oxygen atoms in total. The van der Waals surface area contributed by atoms with Gasteiger partial charge < -0.3 is 48.6 Å². The standard InChI is InChI=1S/C30H51NO12/c1-11-20-30(8)24(42-28(36)43-30)18(6)26(35)38-15(3)13-29(7,37)23(16(4)21(32)17(5)25(34)40-20)41-27-22(33)19(31(9)10)12-14(2)39-27/h14-24,27,32-33,37H,11-13H2,1-10H3/t14-,15-,16+,17-,18-,19?,20-,21+,22-,23-,24-,27+,29+,30-/m1/s1. The molecule has 0 spiro atoms. The normalized spacial score (nSPS) is 47.0. The smallest absolute Gasteiger partial charge is 0.462 e. The maximum Gasteiger partial charge on any atom is 0.509 e. The molecule has 13 heteroatoms. The number of cyclic esters (lactones) is 2. The van der Waals surface area contributed by atoms with Gasteiger partial charge in [-0.25, -0.2) is 4.79 Å². The lowest BCUT2D eigenvalue weighted by atomic mass is 9.79. The lowest BCUT2D eigenvalue weighted by Crippen LogP contribution is -2.59.